The molecule has 0 aliphatic heterocycles. The van der Waals surface area contributed by atoms with E-state index in [0.717, 1.165) is 73.9 Å². The molecule has 0 spiro atoms. The lowest BCUT2D eigenvalue weighted by atomic mass is 9.78. The Hall–Kier alpha value is -3.65. The van der Waals surface area contributed by atoms with Crippen LogP contribution in [0.2, 0.25) is 0 Å². The first-order valence-corrected chi connectivity index (χ1v) is 16.3. The molecule has 44 heavy (non-hydrogen) atoms. The maximum atomic E-state index is 14.3. The quantitative estimate of drug-likeness (QED) is 0.280. The van der Waals surface area contributed by atoms with Gasteiger partial charge in [-0.1, -0.05) is 24.3 Å². The number of anilines is 1. The van der Waals surface area contributed by atoms with Gasteiger partial charge < -0.3 is 20.1 Å². The molecule has 1 heterocycles. The molecule has 0 atom stereocenters. The molecule has 2 aromatic carbocycles. The van der Waals surface area contributed by atoms with Gasteiger partial charge in [-0.3, -0.25) is 14.3 Å². The van der Waals surface area contributed by atoms with Crippen molar-refractivity contribution in [1.29, 1.82) is 0 Å². The molecule has 236 valence electrons. The van der Waals surface area contributed by atoms with Crippen molar-refractivity contribution in [3.8, 4) is 16.9 Å². The van der Waals surface area contributed by atoms with E-state index in [0.29, 0.717) is 18.4 Å². The molecule has 0 radical (unpaired) electrons. The predicted molar refractivity (Wildman–Crippen MR) is 174 cm³/mol. The van der Waals surface area contributed by atoms with Gasteiger partial charge in [0.25, 0.3) is 0 Å². The van der Waals surface area contributed by atoms with Crippen LogP contribution < -0.4 is 15.0 Å². The second-order valence-corrected chi connectivity index (χ2v) is 13.0. The summed E-state index contributed by atoms with van der Waals surface area (Å²) in [5.41, 5.74) is 5.60. The maximum absolute atomic E-state index is 14.3. The largest absolute Gasteiger partial charge is 0.496 e. The van der Waals surface area contributed by atoms with Crippen LogP contribution >= 0.6 is 0 Å². The van der Waals surface area contributed by atoms with Crippen LogP contribution in [0.5, 0.6) is 5.75 Å². The molecule has 0 unspecified atom stereocenters. The first kappa shape index (κ1) is 31.8. The summed E-state index contributed by atoms with van der Waals surface area (Å²) in [5.74, 6) is 1.65. The Bertz CT molecular complexity index is 1420. The number of aromatic nitrogens is 2. The summed E-state index contributed by atoms with van der Waals surface area (Å²) in [6.07, 6.45) is 11.3. The van der Waals surface area contributed by atoms with Gasteiger partial charge in [-0.15, -0.1) is 0 Å². The van der Waals surface area contributed by atoms with Gasteiger partial charge in [-0.2, -0.15) is 5.10 Å². The number of ether oxygens (including phenoxy) is 1. The van der Waals surface area contributed by atoms with E-state index in [1.165, 1.54) is 11.1 Å². The average molecular weight is 601 g/mol. The van der Waals surface area contributed by atoms with Gasteiger partial charge in [0.2, 0.25) is 11.8 Å². The first-order chi connectivity index (χ1) is 21.2. The van der Waals surface area contributed by atoms with E-state index >= 15 is 0 Å². The van der Waals surface area contributed by atoms with Gasteiger partial charge in [0.05, 0.1) is 13.3 Å². The van der Waals surface area contributed by atoms with Crippen molar-refractivity contribution >= 4 is 17.5 Å². The predicted octanol–water partition coefficient (Wildman–Crippen LogP) is 6.42. The topological polar surface area (TPSA) is 96.7 Å². The van der Waals surface area contributed by atoms with Gasteiger partial charge in [0.15, 0.2) is 0 Å². The minimum atomic E-state index is -0.501. The fourth-order valence-electron chi connectivity index (χ4n) is 7.02. The Morgan fingerprint density at radius 3 is 2.41 bits per heavy atom. The molecule has 2 saturated carbocycles. The highest BCUT2D eigenvalue weighted by Crippen LogP contribution is 2.39. The van der Waals surface area contributed by atoms with Crippen LogP contribution in [0.15, 0.2) is 54.9 Å². The first-order valence-electron chi connectivity index (χ1n) is 16.3. The molecule has 5 rings (SSSR count). The Kier molecular flexibility index (Phi) is 10.4. The zero-order valence-electron chi connectivity index (χ0n) is 26.7. The molecule has 0 bridgehead atoms. The van der Waals surface area contributed by atoms with Crippen molar-refractivity contribution in [2.24, 2.45) is 11.8 Å². The molecule has 2 aliphatic rings. The van der Waals surface area contributed by atoms with Crippen LogP contribution in [0, 0.1) is 18.8 Å². The Balaban J connectivity index is 1.32. The van der Waals surface area contributed by atoms with Gasteiger partial charge in [-0.05, 0) is 119 Å². The number of carbonyl (C=O) groups excluding carboxylic acids is 2. The highest BCUT2D eigenvalue weighted by molar-refractivity contribution is 5.95. The highest BCUT2D eigenvalue weighted by Gasteiger charge is 2.33. The highest BCUT2D eigenvalue weighted by atomic mass is 16.5. The van der Waals surface area contributed by atoms with Crippen LogP contribution in [0.4, 0.5) is 5.69 Å². The minimum Gasteiger partial charge on any atom is -0.496 e. The van der Waals surface area contributed by atoms with E-state index in [1.54, 1.807) is 7.11 Å². The second kappa shape index (κ2) is 14.4. The van der Waals surface area contributed by atoms with E-state index in [4.69, 9.17) is 9.84 Å². The van der Waals surface area contributed by atoms with Crippen LogP contribution in [0.1, 0.15) is 88.3 Å². The Labute approximate surface area is 261 Å². The maximum Gasteiger partial charge on any atom is 0.245 e. The van der Waals surface area contributed by atoms with Gasteiger partial charge in [0.1, 0.15) is 12.4 Å². The molecule has 2 aliphatic carbocycles. The van der Waals surface area contributed by atoms with Gasteiger partial charge in [0, 0.05) is 42.0 Å². The molecule has 2 fully saturated rings. The number of hydrogen-bond donors (Lipinski definition) is 2. The molecule has 8 nitrogen and oxygen atoms in total. The van der Waals surface area contributed by atoms with E-state index in [-0.39, 0.29) is 29.8 Å². The van der Waals surface area contributed by atoms with Crippen molar-refractivity contribution in [3.05, 3.63) is 66.0 Å². The molecule has 0 saturated heterocycles. The lowest BCUT2D eigenvalue weighted by molar-refractivity contribution is -0.125. The molecule has 2 amide bonds. The number of nitrogens with one attached hydrogen (secondary N) is 1. The zero-order valence-corrected chi connectivity index (χ0v) is 26.7. The number of amides is 2. The minimum absolute atomic E-state index is 0.0184. The fourth-order valence-corrected chi connectivity index (χ4v) is 7.02. The fraction of sp³-hybridized carbons (Fsp3) is 0.528. The Morgan fingerprint density at radius 1 is 1.02 bits per heavy atom. The van der Waals surface area contributed by atoms with Crippen LogP contribution in [-0.2, 0) is 9.59 Å². The Morgan fingerprint density at radius 2 is 1.77 bits per heavy atom. The van der Waals surface area contributed by atoms with Crippen molar-refractivity contribution < 1.29 is 19.4 Å². The van der Waals surface area contributed by atoms with E-state index in [9.17, 15) is 9.59 Å². The third-order valence-corrected chi connectivity index (χ3v) is 9.65. The summed E-state index contributed by atoms with van der Waals surface area (Å²) >= 11 is 0. The smallest absolute Gasteiger partial charge is 0.245 e. The third kappa shape index (κ3) is 7.52. The van der Waals surface area contributed by atoms with Crippen LogP contribution in [-0.4, -0.2) is 53.0 Å². The number of aryl methyl sites for hydroxylation is 1. The van der Waals surface area contributed by atoms with Crippen molar-refractivity contribution in [1.82, 2.24) is 15.1 Å². The summed E-state index contributed by atoms with van der Waals surface area (Å²) in [5, 5.41) is 16.5. The number of carbonyl (C=O) groups is 2. The van der Waals surface area contributed by atoms with Crippen LogP contribution in [0.25, 0.3) is 11.1 Å². The summed E-state index contributed by atoms with van der Waals surface area (Å²) < 4.78 is 7.43. The van der Waals surface area contributed by atoms with E-state index in [1.807, 2.05) is 16.9 Å². The number of hydrogen-bond acceptors (Lipinski definition) is 5. The lowest BCUT2D eigenvalue weighted by Gasteiger charge is -2.36. The van der Waals surface area contributed by atoms with Crippen molar-refractivity contribution in [3.63, 3.8) is 0 Å². The molecule has 1 aromatic heterocycles. The lowest BCUT2D eigenvalue weighted by Crippen LogP contribution is -2.44. The summed E-state index contributed by atoms with van der Waals surface area (Å²) in [6.45, 7) is 6.54. The molecule has 3 aromatic rings. The second-order valence-electron chi connectivity index (χ2n) is 13.0. The number of methoxy groups -OCH3 is 1. The zero-order chi connectivity index (χ0) is 31.2. The average Bonchev–Trinajstić information content (AvgIpc) is 3.55. The van der Waals surface area contributed by atoms with Crippen molar-refractivity contribution in [2.75, 3.05) is 25.2 Å². The van der Waals surface area contributed by atoms with E-state index < -0.39 is 6.61 Å². The number of nitrogens with zero attached hydrogens (tertiary/aromatic N) is 3. The number of rotatable bonds is 10. The summed E-state index contributed by atoms with van der Waals surface area (Å²) in [4.78, 5) is 28.0. The number of benzene rings is 2. The normalized spacial score (nSPS) is 22.0. The van der Waals surface area contributed by atoms with E-state index in [2.05, 4.69) is 78.7 Å². The van der Waals surface area contributed by atoms with Crippen molar-refractivity contribution in [2.45, 2.75) is 90.1 Å². The van der Waals surface area contributed by atoms with Gasteiger partial charge in [-0.25, -0.2) is 0 Å². The monoisotopic (exact) mass is 600 g/mol. The third-order valence-electron chi connectivity index (χ3n) is 9.65. The SMILES string of the molecule is COc1ccc(C2CCC(CN(C(=O)C3CCC(NC(=O)CO)CC3)c3cccc(-c4cnn(C(C)C)c4)c3)CC2)cc1C. The molecule has 2 N–H and O–H groups in total. The molecular formula is C36H48N4O4. The summed E-state index contributed by atoms with van der Waals surface area (Å²) in [7, 11) is 1.72. The van der Waals surface area contributed by atoms with Gasteiger partial charge >= 0.3 is 0 Å². The molecular weight excluding hydrogens is 552 g/mol. The number of aliphatic hydroxyl groups is 1. The summed E-state index contributed by atoms with van der Waals surface area (Å²) in [6, 6.07) is 15.2. The number of aliphatic hydroxyl groups excluding tert-OH is 1. The van der Waals surface area contributed by atoms with Crippen LogP contribution in [0.3, 0.4) is 0 Å². The standard InChI is InChI=1S/C36H48N4O4/c1-24(2)40-22-31(20-37-40)29-6-5-7-33(19-29)39(36(43)28-12-15-32(16-13-28)38-35(42)23-41)21-26-8-10-27(11-9-26)30-14-17-34(44-4)25(3)18-30/h5-7,14,17-20,22,24,26-28,32,41H,8-13,15-16,21,23H2,1-4H3,(H,38,42). The molecule has 8 heteroatoms.